The van der Waals surface area contributed by atoms with Gasteiger partial charge in [0.05, 0.1) is 36.3 Å². The highest BCUT2D eigenvalue weighted by Crippen LogP contribution is 2.30. The molecule has 3 atom stereocenters. The van der Waals surface area contributed by atoms with Crippen molar-refractivity contribution in [3.8, 4) is 17.1 Å². The molecule has 2 heterocycles. The zero-order chi connectivity index (χ0) is 41.5. The molecule has 20 heteroatoms. The largest absolute Gasteiger partial charge is 0.481 e. The number of carboxylic acids is 3. The van der Waals surface area contributed by atoms with E-state index in [1.165, 1.54) is 37.3 Å². The van der Waals surface area contributed by atoms with Gasteiger partial charge in [-0.1, -0.05) is 44.3 Å². The number of carbonyl (C=O) groups is 8. The molecule has 20 nitrogen and oxygen atoms in total. The normalized spacial score (nSPS) is 12.4. The summed E-state index contributed by atoms with van der Waals surface area (Å²) in [5.41, 5.74) is 0.230. The molecule has 0 aliphatic rings. The summed E-state index contributed by atoms with van der Waals surface area (Å²) in [6.45, 7) is 5.52. The number of hydroxylamine groups is 2. The van der Waals surface area contributed by atoms with E-state index in [1.807, 2.05) is 6.92 Å². The van der Waals surface area contributed by atoms with Gasteiger partial charge >= 0.3 is 23.9 Å². The predicted octanol–water partition coefficient (Wildman–Crippen LogP) is 2.68. The number of nitrogens with one attached hydrogen (secondary N) is 3. The van der Waals surface area contributed by atoms with Crippen LogP contribution in [0.3, 0.4) is 0 Å². The van der Waals surface area contributed by atoms with E-state index in [4.69, 9.17) is 28.7 Å². The van der Waals surface area contributed by atoms with E-state index in [1.54, 1.807) is 13.8 Å². The fraction of sp³-hybridized carbons (Fsp3) is 0.417. The zero-order valence-electron chi connectivity index (χ0n) is 31.0. The molecule has 0 spiro atoms. The number of benzene rings is 1. The van der Waals surface area contributed by atoms with Gasteiger partial charge in [-0.15, -0.1) is 0 Å². The van der Waals surface area contributed by atoms with E-state index in [0.717, 1.165) is 17.9 Å². The SMILES string of the molecule is CCCCC[C@@H](C(=O)NCNC(=O)c1ccc(-c2ccc(C(=O)N[C@@H](CC(=O)O)C(=O)O)c(OCC(=O)O)c2)o1)[C@@H](CC)N(C=O)OC(=O)c1c(C)noc1C. The van der Waals surface area contributed by atoms with Crippen molar-refractivity contribution in [3.63, 3.8) is 0 Å². The fourth-order valence-electron chi connectivity index (χ4n) is 5.62. The van der Waals surface area contributed by atoms with Crippen molar-refractivity contribution in [3.05, 3.63) is 58.7 Å². The third-order valence-electron chi connectivity index (χ3n) is 8.38. The van der Waals surface area contributed by atoms with Gasteiger partial charge in [-0.05, 0) is 51.0 Å². The van der Waals surface area contributed by atoms with Crippen molar-refractivity contribution in [2.24, 2.45) is 5.92 Å². The molecule has 4 amide bonds. The Morgan fingerprint density at radius 3 is 2.27 bits per heavy atom. The summed E-state index contributed by atoms with van der Waals surface area (Å²) in [6, 6.07) is 3.77. The Bertz CT molecular complexity index is 1900. The first kappa shape index (κ1) is 43.7. The van der Waals surface area contributed by atoms with E-state index < -0.39 is 72.6 Å². The van der Waals surface area contributed by atoms with Crippen LogP contribution in [0.2, 0.25) is 0 Å². The molecular formula is C36H43N5O15. The number of carboxylic acid groups (broad SMARTS) is 3. The number of rotatable bonds is 23. The lowest BCUT2D eigenvalue weighted by atomic mass is 9.90. The molecule has 0 aliphatic carbocycles. The van der Waals surface area contributed by atoms with Crippen LogP contribution in [0, 0.1) is 19.8 Å². The highest BCUT2D eigenvalue weighted by atomic mass is 16.7. The third-order valence-corrected chi connectivity index (χ3v) is 8.38. The molecule has 0 saturated carbocycles. The first-order chi connectivity index (χ1) is 26.6. The summed E-state index contributed by atoms with van der Waals surface area (Å²) in [5.74, 6) is -8.76. The molecule has 0 radical (unpaired) electrons. The van der Waals surface area contributed by atoms with Crippen molar-refractivity contribution < 1.29 is 72.2 Å². The van der Waals surface area contributed by atoms with Gasteiger partial charge in [0.2, 0.25) is 12.3 Å². The number of nitrogens with zero attached hydrogens (tertiary/aromatic N) is 2. The van der Waals surface area contributed by atoms with Crippen LogP contribution < -0.4 is 20.7 Å². The van der Waals surface area contributed by atoms with Gasteiger partial charge in [-0.2, -0.15) is 5.06 Å². The molecule has 0 bridgehead atoms. The molecule has 1 aromatic carbocycles. The highest BCUT2D eigenvalue weighted by Gasteiger charge is 2.34. The fourth-order valence-corrected chi connectivity index (χ4v) is 5.62. The topological polar surface area (TPSA) is 294 Å². The first-order valence-corrected chi connectivity index (χ1v) is 17.4. The van der Waals surface area contributed by atoms with E-state index in [-0.39, 0.29) is 58.5 Å². The van der Waals surface area contributed by atoms with Crippen molar-refractivity contribution >= 4 is 48.0 Å². The molecule has 0 saturated heterocycles. The van der Waals surface area contributed by atoms with Gasteiger partial charge in [0.15, 0.2) is 12.4 Å². The van der Waals surface area contributed by atoms with Crippen LogP contribution in [0.25, 0.3) is 11.3 Å². The van der Waals surface area contributed by atoms with Crippen molar-refractivity contribution in [1.82, 2.24) is 26.2 Å². The van der Waals surface area contributed by atoms with E-state index in [9.17, 15) is 43.5 Å². The summed E-state index contributed by atoms with van der Waals surface area (Å²) < 4.78 is 15.9. The maximum absolute atomic E-state index is 13.5. The number of hydrogen-bond donors (Lipinski definition) is 6. The van der Waals surface area contributed by atoms with Gasteiger partial charge in [0.1, 0.15) is 28.9 Å². The monoisotopic (exact) mass is 785 g/mol. The Hall–Kier alpha value is -6.73. The smallest absolute Gasteiger partial charge is 0.368 e. The quantitative estimate of drug-likeness (QED) is 0.0349. The number of unbranched alkanes of at least 4 members (excludes halogenated alkanes) is 2. The molecule has 3 rings (SSSR count). The second kappa shape index (κ2) is 20.7. The van der Waals surface area contributed by atoms with Crippen molar-refractivity contribution in [2.45, 2.75) is 78.3 Å². The van der Waals surface area contributed by atoms with E-state index >= 15 is 0 Å². The molecular weight excluding hydrogens is 742 g/mol. The summed E-state index contributed by atoms with van der Waals surface area (Å²) in [5, 5.41) is 39.1. The average Bonchev–Trinajstić information content (AvgIpc) is 3.78. The van der Waals surface area contributed by atoms with Crippen molar-refractivity contribution in [1.29, 1.82) is 0 Å². The second-order valence-electron chi connectivity index (χ2n) is 12.4. The minimum Gasteiger partial charge on any atom is -0.481 e. The third kappa shape index (κ3) is 11.9. The summed E-state index contributed by atoms with van der Waals surface area (Å²) >= 11 is 0. The summed E-state index contributed by atoms with van der Waals surface area (Å²) in [7, 11) is 0. The number of ether oxygens (including phenoxy) is 1. The molecule has 0 aliphatic heterocycles. The maximum atomic E-state index is 13.5. The number of furan rings is 1. The van der Waals surface area contributed by atoms with Gasteiger partial charge < -0.3 is 49.8 Å². The van der Waals surface area contributed by atoms with Crippen molar-refractivity contribution in [2.75, 3.05) is 13.3 Å². The number of hydrogen-bond acceptors (Lipinski definition) is 13. The Balaban J connectivity index is 1.73. The summed E-state index contributed by atoms with van der Waals surface area (Å²) in [6.07, 6.45) is 2.23. The lowest BCUT2D eigenvalue weighted by molar-refractivity contribution is -0.171. The molecule has 56 heavy (non-hydrogen) atoms. The number of aryl methyl sites for hydroxylation is 2. The predicted molar refractivity (Wildman–Crippen MR) is 190 cm³/mol. The minimum absolute atomic E-state index is 0.0551. The first-order valence-electron chi connectivity index (χ1n) is 17.4. The lowest BCUT2D eigenvalue weighted by Crippen LogP contribution is -2.49. The van der Waals surface area contributed by atoms with Crippen LogP contribution >= 0.6 is 0 Å². The summed E-state index contributed by atoms with van der Waals surface area (Å²) in [4.78, 5) is 103. The Morgan fingerprint density at radius 1 is 0.946 bits per heavy atom. The highest BCUT2D eigenvalue weighted by molar-refractivity contribution is 6.00. The number of aromatic nitrogens is 1. The van der Waals surface area contributed by atoms with Crippen LogP contribution in [0.15, 0.2) is 39.3 Å². The van der Waals surface area contributed by atoms with Crippen LogP contribution in [-0.4, -0.2) is 98.9 Å². The lowest BCUT2D eigenvalue weighted by Gasteiger charge is -2.31. The molecule has 3 aromatic rings. The number of aliphatic carboxylic acids is 3. The zero-order valence-corrected chi connectivity index (χ0v) is 31.0. The molecule has 6 N–H and O–H groups in total. The molecule has 2 aromatic heterocycles. The van der Waals surface area contributed by atoms with E-state index in [0.29, 0.717) is 19.3 Å². The van der Waals surface area contributed by atoms with Crippen LogP contribution in [0.1, 0.15) is 95.1 Å². The van der Waals surface area contributed by atoms with Gasteiger partial charge in [-0.3, -0.25) is 24.0 Å². The standard InChI is InChI=1S/C36H43N5O15/c1-5-7-8-9-22(25(6-2)41(18-42)56-36(52)31-19(3)40-55-20(31)4)32(47)37-17-38-34(49)27-13-12-26(54-27)21-10-11-23(28(14-21)53-16-30(45)46)33(48)39-24(35(50)51)15-29(43)44/h10-14,18,22,24-25H,5-9,15-17H2,1-4H3,(H,37,47)(H,38,49)(H,39,48)(H,43,44)(H,45,46)(H,50,51)/t22-,24+,25-/m1/s1. The van der Waals surface area contributed by atoms with Crippen LogP contribution in [0.4, 0.5) is 0 Å². The van der Waals surface area contributed by atoms with Gasteiger partial charge in [0, 0.05) is 5.56 Å². The van der Waals surface area contributed by atoms with Gasteiger partial charge in [0.25, 0.3) is 11.8 Å². The average molecular weight is 786 g/mol. The maximum Gasteiger partial charge on any atom is 0.368 e. The number of amides is 4. The van der Waals surface area contributed by atoms with Crippen LogP contribution in [0.5, 0.6) is 5.75 Å². The minimum atomic E-state index is -1.79. The molecule has 302 valence electrons. The van der Waals surface area contributed by atoms with Crippen LogP contribution in [-0.2, 0) is 28.8 Å². The Labute approximate surface area is 319 Å². The van der Waals surface area contributed by atoms with Gasteiger partial charge in [-0.25, -0.2) is 14.4 Å². The Kier molecular flexibility index (Phi) is 16.1. The second-order valence-corrected chi connectivity index (χ2v) is 12.4. The molecule has 0 fully saturated rings. The Morgan fingerprint density at radius 2 is 1.68 bits per heavy atom. The molecule has 0 unspecified atom stereocenters. The van der Waals surface area contributed by atoms with E-state index in [2.05, 4.69) is 21.1 Å². The number of carbonyl (C=O) groups excluding carboxylic acids is 5.